The average molecular weight is 467 g/mol. The summed E-state index contributed by atoms with van der Waals surface area (Å²) in [4.78, 5) is 30.1. The van der Waals surface area contributed by atoms with Crippen molar-refractivity contribution in [3.05, 3.63) is 77.3 Å². The number of benzene rings is 2. The van der Waals surface area contributed by atoms with Crippen molar-refractivity contribution in [3.8, 4) is 10.6 Å². The van der Waals surface area contributed by atoms with Gasteiger partial charge in [0.15, 0.2) is 0 Å². The van der Waals surface area contributed by atoms with Crippen molar-refractivity contribution < 1.29 is 19.1 Å². The Morgan fingerprint density at radius 2 is 1.64 bits per heavy atom. The van der Waals surface area contributed by atoms with Crippen LogP contribution in [0.2, 0.25) is 0 Å². The van der Waals surface area contributed by atoms with Gasteiger partial charge in [-0.15, -0.1) is 11.3 Å². The third kappa shape index (κ3) is 7.51. The average Bonchev–Trinajstić information content (AvgIpc) is 3.30. The maximum Gasteiger partial charge on any atom is 0.323 e. The summed E-state index contributed by atoms with van der Waals surface area (Å²) >= 11 is 1.52. The molecule has 2 unspecified atom stereocenters. The summed E-state index contributed by atoms with van der Waals surface area (Å²) in [6, 6.07) is 18.1. The Bertz CT molecular complexity index is 1020. The normalized spacial score (nSPS) is 12.8. The first-order chi connectivity index (χ1) is 16.0. The van der Waals surface area contributed by atoms with E-state index in [1.165, 1.54) is 18.4 Å². The van der Waals surface area contributed by atoms with Gasteiger partial charge in [-0.05, 0) is 17.9 Å². The molecule has 174 valence electrons. The Morgan fingerprint density at radius 3 is 2.27 bits per heavy atom. The van der Waals surface area contributed by atoms with E-state index in [0.29, 0.717) is 12.8 Å². The third-order valence-corrected chi connectivity index (χ3v) is 6.03. The largest absolute Gasteiger partial charge is 0.468 e. The highest BCUT2D eigenvalue weighted by Gasteiger charge is 2.29. The van der Waals surface area contributed by atoms with Crippen LogP contribution in [0.15, 0.2) is 66.0 Å². The van der Waals surface area contributed by atoms with Gasteiger partial charge in [-0.25, -0.2) is 4.98 Å². The quantitative estimate of drug-likeness (QED) is 0.415. The molecular formula is C26H30N2O4S. The van der Waals surface area contributed by atoms with Crippen molar-refractivity contribution in [2.45, 2.75) is 45.4 Å². The molecule has 0 saturated carbocycles. The number of aromatic nitrogens is 1. The van der Waals surface area contributed by atoms with Crippen LogP contribution in [0.1, 0.15) is 31.5 Å². The van der Waals surface area contributed by atoms with E-state index in [4.69, 9.17) is 9.47 Å². The molecule has 0 saturated heterocycles. The first-order valence-corrected chi connectivity index (χ1v) is 11.9. The lowest BCUT2D eigenvalue weighted by molar-refractivity contribution is -0.149. The number of nitrogens with zero attached hydrogens (tertiary/aromatic N) is 1. The van der Waals surface area contributed by atoms with E-state index in [9.17, 15) is 9.59 Å². The van der Waals surface area contributed by atoms with Gasteiger partial charge in [-0.1, -0.05) is 74.5 Å². The lowest BCUT2D eigenvalue weighted by Crippen LogP contribution is -2.49. The number of esters is 2. The van der Waals surface area contributed by atoms with Crippen LogP contribution in [0.5, 0.6) is 0 Å². The fraction of sp³-hybridized carbons (Fsp3) is 0.346. The first kappa shape index (κ1) is 24.6. The zero-order valence-corrected chi connectivity index (χ0v) is 20.0. The van der Waals surface area contributed by atoms with Crippen molar-refractivity contribution in [3.63, 3.8) is 0 Å². The molecule has 7 heteroatoms. The first-order valence-electron chi connectivity index (χ1n) is 11.0. The van der Waals surface area contributed by atoms with E-state index in [2.05, 4.69) is 10.3 Å². The number of ether oxygens (including phenoxy) is 2. The van der Waals surface area contributed by atoms with Gasteiger partial charge < -0.3 is 9.47 Å². The Labute approximate surface area is 199 Å². The molecule has 0 aliphatic carbocycles. The molecule has 3 aromatic rings. The predicted molar refractivity (Wildman–Crippen MR) is 130 cm³/mol. The van der Waals surface area contributed by atoms with Gasteiger partial charge in [-0.3, -0.25) is 14.9 Å². The number of thiazole rings is 1. The molecule has 2 aromatic carbocycles. The van der Waals surface area contributed by atoms with E-state index in [-0.39, 0.29) is 18.5 Å². The topological polar surface area (TPSA) is 77.5 Å². The zero-order valence-electron chi connectivity index (χ0n) is 19.2. The van der Waals surface area contributed by atoms with E-state index in [0.717, 1.165) is 21.8 Å². The maximum absolute atomic E-state index is 12.9. The monoisotopic (exact) mass is 466 g/mol. The second kappa shape index (κ2) is 12.3. The number of nitrogens with one attached hydrogen (secondary N) is 1. The van der Waals surface area contributed by atoms with Crippen molar-refractivity contribution in [1.29, 1.82) is 0 Å². The minimum atomic E-state index is -0.714. The molecular weight excluding hydrogens is 436 g/mol. The second-order valence-electron chi connectivity index (χ2n) is 8.23. The molecule has 33 heavy (non-hydrogen) atoms. The molecule has 3 rings (SSSR count). The van der Waals surface area contributed by atoms with Crippen LogP contribution in [-0.2, 0) is 32.1 Å². The summed E-state index contributed by atoms with van der Waals surface area (Å²) < 4.78 is 10.6. The van der Waals surface area contributed by atoms with Crippen LogP contribution in [0, 0.1) is 5.92 Å². The van der Waals surface area contributed by atoms with Crippen LogP contribution in [-0.4, -0.2) is 36.1 Å². The van der Waals surface area contributed by atoms with Gasteiger partial charge in [0, 0.05) is 17.4 Å². The Hall–Kier alpha value is -3.03. The molecule has 0 spiro atoms. The number of hydrogen-bond acceptors (Lipinski definition) is 7. The SMILES string of the molecule is COC(=O)C(Cc1csc(-c2ccccc2)n1)NC(CC(C)C)C(=O)OCc1ccccc1. The van der Waals surface area contributed by atoms with E-state index >= 15 is 0 Å². The number of rotatable bonds is 11. The lowest BCUT2D eigenvalue weighted by Gasteiger charge is -2.24. The van der Waals surface area contributed by atoms with Gasteiger partial charge in [0.25, 0.3) is 0 Å². The number of carbonyl (C=O) groups is 2. The van der Waals surface area contributed by atoms with Crippen molar-refractivity contribution in [2.24, 2.45) is 5.92 Å². The minimum absolute atomic E-state index is 0.186. The highest BCUT2D eigenvalue weighted by atomic mass is 32.1. The fourth-order valence-corrected chi connectivity index (χ4v) is 4.29. The number of methoxy groups -OCH3 is 1. The van der Waals surface area contributed by atoms with Gasteiger partial charge in [0.1, 0.15) is 23.7 Å². The molecule has 1 aromatic heterocycles. The zero-order chi connectivity index (χ0) is 23.6. The lowest BCUT2D eigenvalue weighted by atomic mass is 10.0. The summed E-state index contributed by atoms with van der Waals surface area (Å²) in [7, 11) is 1.35. The molecule has 1 N–H and O–H groups in total. The molecule has 6 nitrogen and oxygen atoms in total. The van der Waals surface area contributed by atoms with Crippen LogP contribution in [0.4, 0.5) is 0 Å². The Balaban J connectivity index is 1.70. The Kier molecular flexibility index (Phi) is 9.15. The van der Waals surface area contributed by atoms with E-state index < -0.39 is 18.1 Å². The van der Waals surface area contributed by atoms with Crippen LogP contribution >= 0.6 is 11.3 Å². The van der Waals surface area contributed by atoms with Crippen LogP contribution in [0.25, 0.3) is 10.6 Å². The van der Waals surface area contributed by atoms with E-state index in [1.807, 2.05) is 79.9 Å². The highest BCUT2D eigenvalue weighted by molar-refractivity contribution is 7.13. The maximum atomic E-state index is 12.9. The second-order valence-corrected chi connectivity index (χ2v) is 9.09. The van der Waals surface area contributed by atoms with Crippen molar-refractivity contribution in [1.82, 2.24) is 10.3 Å². The molecule has 0 amide bonds. The van der Waals surface area contributed by atoms with Gasteiger partial charge in [0.05, 0.1) is 12.8 Å². The third-order valence-electron chi connectivity index (χ3n) is 5.09. The molecule has 1 heterocycles. The van der Waals surface area contributed by atoms with Crippen molar-refractivity contribution >= 4 is 23.3 Å². The van der Waals surface area contributed by atoms with Gasteiger partial charge in [-0.2, -0.15) is 0 Å². The smallest absolute Gasteiger partial charge is 0.323 e. The fourth-order valence-electron chi connectivity index (χ4n) is 3.45. The van der Waals surface area contributed by atoms with Gasteiger partial charge >= 0.3 is 11.9 Å². The number of hydrogen-bond donors (Lipinski definition) is 1. The molecule has 0 fully saturated rings. The summed E-state index contributed by atoms with van der Waals surface area (Å²) in [5, 5.41) is 6.01. The Morgan fingerprint density at radius 1 is 0.970 bits per heavy atom. The summed E-state index contributed by atoms with van der Waals surface area (Å²) in [6.45, 7) is 4.24. The van der Waals surface area contributed by atoms with Gasteiger partial charge in [0.2, 0.25) is 0 Å². The molecule has 0 bridgehead atoms. The highest BCUT2D eigenvalue weighted by Crippen LogP contribution is 2.24. The van der Waals surface area contributed by atoms with Crippen molar-refractivity contribution in [2.75, 3.05) is 7.11 Å². The molecule has 0 aliphatic rings. The molecule has 2 atom stereocenters. The summed E-state index contributed by atoms with van der Waals surface area (Å²) in [6.07, 6.45) is 0.851. The van der Waals surface area contributed by atoms with Crippen LogP contribution < -0.4 is 5.32 Å². The summed E-state index contributed by atoms with van der Waals surface area (Å²) in [5.74, 6) is -0.590. The number of carbonyl (C=O) groups excluding carboxylic acids is 2. The van der Waals surface area contributed by atoms with E-state index in [1.54, 1.807) is 0 Å². The summed E-state index contributed by atoms with van der Waals surface area (Å²) in [5.41, 5.74) is 2.70. The standard InChI is InChI=1S/C26H30N2O4S/c1-18(2)14-22(26(30)32-16-19-10-6-4-7-11-19)28-23(25(29)31-3)15-21-17-33-24(27-21)20-12-8-5-9-13-20/h4-13,17-18,22-23,28H,14-16H2,1-3H3. The molecule has 0 radical (unpaired) electrons. The predicted octanol–water partition coefficient (Wildman–Crippen LogP) is 4.64. The minimum Gasteiger partial charge on any atom is -0.468 e. The van der Waals surface area contributed by atoms with Crippen LogP contribution in [0.3, 0.4) is 0 Å². The molecule has 0 aliphatic heterocycles.